The summed E-state index contributed by atoms with van der Waals surface area (Å²) >= 11 is 5.83. The normalized spacial score (nSPS) is 12.4. The number of aromatic nitrogens is 2. The number of benzene rings is 3. The maximum Gasteiger partial charge on any atom is 0.435 e. The van der Waals surface area contributed by atoms with Gasteiger partial charge in [0.25, 0.3) is 5.91 Å². The van der Waals surface area contributed by atoms with Crippen molar-refractivity contribution in [2.45, 2.75) is 12.4 Å². The number of carbonyl (C=O) groups is 1. The van der Waals surface area contributed by atoms with Gasteiger partial charge in [-0.25, -0.2) is 9.07 Å². The van der Waals surface area contributed by atoms with E-state index in [-0.39, 0.29) is 16.9 Å². The third-order valence-electron chi connectivity index (χ3n) is 5.07. The Balaban J connectivity index is 1.80. The Morgan fingerprint density at radius 1 is 0.872 bits per heavy atom. The van der Waals surface area contributed by atoms with Crippen LogP contribution in [-0.2, 0) is 12.4 Å². The summed E-state index contributed by atoms with van der Waals surface area (Å²) in [7, 11) is 0. The zero-order chi connectivity index (χ0) is 28.4. The maximum atomic E-state index is 13.5. The lowest BCUT2D eigenvalue weighted by molar-refractivity contribution is -0.141. The molecule has 6 nitrogen and oxygen atoms in total. The molecule has 4 aromatic rings. The first-order chi connectivity index (χ1) is 18.3. The molecule has 0 fully saturated rings. The molecule has 0 bridgehead atoms. The SMILES string of the molecule is O=C(NC(=Nc1cc(C(F)(F)F)nn1-c1ccc(F)cc1)Nc1cccc(C(F)(F)F)c1)c1ccc(Cl)cc1. The summed E-state index contributed by atoms with van der Waals surface area (Å²) in [6.45, 7) is 0. The summed E-state index contributed by atoms with van der Waals surface area (Å²) in [5, 5.41) is 8.65. The van der Waals surface area contributed by atoms with Gasteiger partial charge in [0, 0.05) is 22.3 Å². The van der Waals surface area contributed by atoms with E-state index in [1.54, 1.807) is 0 Å². The van der Waals surface area contributed by atoms with E-state index in [1.165, 1.54) is 30.3 Å². The Labute approximate surface area is 220 Å². The van der Waals surface area contributed by atoms with Gasteiger partial charge in [0.2, 0.25) is 5.96 Å². The van der Waals surface area contributed by atoms with Crippen molar-refractivity contribution in [3.63, 3.8) is 0 Å². The van der Waals surface area contributed by atoms with E-state index in [1.807, 2.05) is 0 Å². The van der Waals surface area contributed by atoms with Gasteiger partial charge in [-0.05, 0) is 66.7 Å². The predicted molar refractivity (Wildman–Crippen MR) is 130 cm³/mol. The van der Waals surface area contributed by atoms with Gasteiger partial charge in [-0.15, -0.1) is 0 Å². The van der Waals surface area contributed by atoms with Gasteiger partial charge >= 0.3 is 12.4 Å². The minimum atomic E-state index is -4.89. The van der Waals surface area contributed by atoms with Crippen LogP contribution in [-0.4, -0.2) is 21.6 Å². The Morgan fingerprint density at radius 2 is 1.54 bits per heavy atom. The summed E-state index contributed by atoms with van der Waals surface area (Å²) in [4.78, 5) is 16.9. The molecule has 0 spiro atoms. The fourth-order valence-electron chi connectivity index (χ4n) is 3.25. The number of aliphatic imine (C=N–C) groups is 1. The third-order valence-corrected chi connectivity index (χ3v) is 5.32. The first-order valence-corrected chi connectivity index (χ1v) is 11.2. The van der Waals surface area contributed by atoms with Gasteiger partial charge in [0.1, 0.15) is 5.82 Å². The molecule has 4 rings (SSSR count). The summed E-state index contributed by atoms with van der Waals surface area (Å²) in [5.74, 6) is -2.45. The second-order valence-electron chi connectivity index (χ2n) is 7.90. The minimum Gasteiger partial charge on any atom is -0.326 e. The molecule has 0 saturated carbocycles. The number of halogens is 8. The van der Waals surface area contributed by atoms with E-state index in [9.17, 15) is 35.5 Å². The van der Waals surface area contributed by atoms with E-state index >= 15 is 0 Å². The molecule has 14 heteroatoms. The standard InChI is InChI=1S/C25H15ClF7N5O/c26-16-6-4-14(5-7-16)22(39)36-23(34-18-3-1-2-15(12-18)24(28,29)30)35-21-13-20(25(31,32)33)37-38(21)19-10-8-17(27)9-11-19/h1-13H,(H2,34,35,36,39). The number of alkyl halides is 6. The number of hydrogen-bond donors (Lipinski definition) is 2. The van der Waals surface area contributed by atoms with Crippen LogP contribution in [0.5, 0.6) is 0 Å². The molecule has 0 saturated heterocycles. The summed E-state index contributed by atoms with van der Waals surface area (Å²) in [5.41, 5.74) is -2.49. The Hall–Kier alpha value is -4.39. The van der Waals surface area contributed by atoms with Crippen LogP contribution in [0.3, 0.4) is 0 Å². The predicted octanol–water partition coefficient (Wildman–Crippen LogP) is 7.23. The van der Waals surface area contributed by atoms with Crippen LogP contribution in [0.25, 0.3) is 5.69 Å². The van der Waals surface area contributed by atoms with Gasteiger partial charge in [-0.2, -0.15) is 36.4 Å². The molecule has 3 aromatic carbocycles. The maximum absolute atomic E-state index is 13.5. The monoisotopic (exact) mass is 569 g/mol. The van der Waals surface area contributed by atoms with E-state index in [0.717, 1.165) is 47.1 Å². The van der Waals surface area contributed by atoms with Crippen LogP contribution in [0.15, 0.2) is 83.9 Å². The van der Waals surface area contributed by atoms with Gasteiger partial charge < -0.3 is 5.32 Å². The molecule has 0 unspecified atom stereocenters. The van der Waals surface area contributed by atoms with Crippen LogP contribution in [0.4, 0.5) is 42.2 Å². The fourth-order valence-corrected chi connectivity index (χ4v) is 3.38. The Bertz CT molecular complexity index is 1510. The lowest BCUT2D eigenvalue weighted by Gasteiger charge is -2.14. The van der Waals surface area contributed by atoms with E-state index in [0.29, 0.717) is 11.1 Å². The average Bonchev–Trinajstić information content (AvgIpc) is 3.29. The molecule has 1 aromatic heterocycles. The highest BCUT2D eigenvalue weighted by Crippen LogP contribution is 2.33. The number of nitrogens with one attached hydrogen (secondary N) is 2. The van der Waals surface area contributed by atoms with Crippen molar-refractivity contribution in [1.82, 2.24) is 15.1 Å². The molecule has 0 atom stereocenters. The van der Waals surface area contributed by atoms with Crippen molar-refractivity contribution in [3.8, 4) is 5.69 Å². The highest BCUT2D eigenvalue weighted by atomic mass is 35.5. The van der Waals surface area contributed by atoms with Crippen LogP contribution < -0.4 is 10.6 Å². The first kappa shape index (κ1) is 27.6. The number of carbonyl (C=O) groups excluding carboxylic acids is 1. The topological polar surface area (TPSA) is 71.3 Å². The number of amides is 1. The number of guanidine groups is 1. The highest BCUT2D eigenvalue weighted by molar-refractivity contribution is 6.30. The zero-order valence-corrected chi connectivity index (χ0v) is 20.0. The summed E-state index contributed by atoms with van der Waals surface area (Å²) < 4.78 is 94.2. The largest absolute Gasteiger partial charge is 0.435 e. The van der Waals surface area contributed by atoms with Crippen LogP contribution in [0.2, 0.25) is 5.02 Å². The van der Waals surface area contributed by atoms with Crippen LogP contribution in [0, 0.1) is 5.82 Å². The highest BCUT2D eigenvalue weighted by Gasteiger charge is 2.35. The van der Waals surface area contributed by atoms with Crippen LogP contribution >= 0.6 is 11.6 Å². The molecule has 1 amide bonds. The van der Waals surface area contributed by atoms with Crippen molar-refractivity contribution in [2.24, 2.45) is 4.99 Å². The molecule has 2 N–H and O–H groups in total. The smallest absolute Gasteiger partial charge is 0.326 e. The van der Waals surface area contributed by atoms with Gasteiger partial charge in [0.05, 0.1) is 11.3 Å². The van der Waals surface area contributed by atoms with Crippen molar-refractivity contribution < 1.29 is 35.5 Å². The lowest BCUT2D eigenvalue weighted by Crippen LogP contribution is -2.36. The second kappa shape index (κ2) is 10.8. The first-order valence-electron chi connectivity index (χ1n) is 10.8. The van der Waals surface area contributed by atoms with E-state index < -0.39 is 47.1 Å². The van der Waals surface area contributed by atoms with Gasteiger partial charge in [0.15, 0.2) is 11.5 Å². The van der Waals surface area contributed by atoms with Gasteiger partial charge in [-0.1, -0.05) is 17.7 Å². The average molecular weight is 570 g/mol. The van der Waals surface area contributed by atoms with Crippen molar-refractivity contribution in [3.05, 3.63) is 107 Å². The Morgan fingerprint density at radius 3 is 2.15 bits per heavy atom. The molecular weight excluding hydrogens is 555 g/mol. The number of hydrogen-bond acceptors (Lipinski definition) is 3. The Kier molecular flexibility index (Phi) is 7.63. The quantitative estimate of drug-likeness (QED) is 0.155. The second-order valence-corrected chi connectivity index (χ2v) is 8.34. The lowest BCUT2D eigenvalue weighted by atomic mass is 10.2. The number of nitrogens with zero attached hydrogens (tertiary/aromatic N) is 3. The third kappa shape index (κ3) is 6.93. The molecule has 0 aliphatic rings. The van der Waals surface area contributed by atoms with E-state index in [4.69, 9.17) is 11.6 Å². The zero-order valence-electron chi connectivity index (χ0n) is 19.3. The molecule has 1 heterocycles. The fraction of sp³-hybridized carbons (Fsp3) is 0.0800. The van der Waals surface area contributed by atoms with Crippen molar-refractivity contribution in [2.75, 3.05) is 5.32 Å². The van der Waals surface area contributed by atoms with Crippen LogP contribution in [0.1, 0.15) is 21.6 Å². The molecule has 202 valence electrons. The van der Waals surface area contributed by atoms with E-state index in [2.05, 4.69) is 20.7 Å². The van der Waals surface area contributed by atoms with Crippen molar-refractivity contribution >= 4 is 35.0 Å². The molecule has 39 heavy (non-hydrogen) atoms. The molecule has 0 radical (unpaired) electrons. The molecular formula is C25H15ClF7N5O. The number of rotatable bonds is 4. The molecule has 0 aliphatic heterocycles. The summed E-state index contributed by atoms with van der Waals surface area (Å²) in [6, 6.07) is 14.2. The molecule has 0 aliphatic carbocycles. The summed E-state index contributed by atoms with van der Waals surface area (Å²) in [6.07, 6.45) is -9.58. The van der Waals surface area contributed by atoms with Gasteiger partial charge in [-0.3, -0.25) is 10.1 Å². The number of anilines is 1. The minimum absolute atomic E-state index is 0.00639. The van der Waals surface area contributed by atoms with Crippen molar-refractivity contribution in [1.29, 1.82) is 0 Å².